The highest BCUT2D eigenvalue weighted by molar-refractivity contribution is 6.35. The lowest BCUT2D eigenvalue weighted by Gasteiger charge is -2.20. The molecule has 22 heavy (non-hydrogen) atoms. The van der Waals surface area contributed by atoms with E-state index in [9.17, 15) is 4.79 Å². The lowest BCUT2D eigenvalue weighted by atomic mass is 10.1. The number of hydrogen-bond acceptors (Lipinski definition) is 2. The summed E-state index contributed by atoms with van der Waals surface area (Å²) in [6.45, 7) is 3.40. The molecule has 1 heterocycles. The average molecular weight is 343 g/mol. The van der Waals surface area contributed by atoms with Crippen molar-refractivity contribution in [1.29, 1.82) is 0 Å². The maximum atomic E-state index is 12.1. The Morgan fingerprint density at radius 3 is 2.50 bits per heavy atom. The van der Waals surface area contributed by atoms with Crippen molar-refractivity contribution < 1.29 is 4.79 Å². The molecule has 1 amide bonds. The zero-order valence-corrected chi connectivity index (χ0v) is 14.4. The maximum Gasteiger partial charge on any atom is 0.223 e. The Morgan fingerprint density at radius 1 is 1.09 bits per heavy atom. The summed E-state index contributed by atoms with van der Waals surface area (Å²) in [6, 6.07) is 5.57. The molecule has 0 atom stereocenters. The molecule has 0 aliphatic carbocycles. The molecular formula is C17H24Cl2N2O. The van der Waals surface area contributed by atoms with Gasteiger partial charge in [0, 0.05) is 36.1 Å². The molecule has 3 nitrogen and oxygen atoms in total. The molecule has 1 aliphatic rings. The van der Waals surface area contributed by atoms with E-state index in [1.165, 1.54) is 12.8 Å². The van der Waals surface area contributed by atoms with Crippen LogP contribution in [0.2, 0.25) is 10.0 Å². The second-order valence-electron chi connectivity index (χ2n) is 5.78. The van der Waals surface area contributed by atoms with E-state index in [1.54, 1.807) is 6.07 Å². The van der Waals surface area contributed by atoms with Gasteiger partial charge >= 0.3 is 0 Å². The SMILES string of the molecule is O=C(CCNCCc1ccc(Cl)cc1Cl)N1CCCCCC1. The minimum atomic E-state index is 0.277. The number of carbonyl (C=O) groups excluding carboxylic acids is 1. The Bertz CT molecular complexity index is 486. The lowest BCUT2D eigenvalue weighted by Crippen LogP contribution is -2.34. The first-order chi connectivity index (χ1) is 10.7. The third kappa shape index (κ3) is 5.79. The van der Waals surface area contributed by atoms with E-state index < -0.39 is 0 Å². The van der Waals surface area contributed by atoms with Crippen molar-refractivity contribution in [3.05, 3.63) is 33.8 Å². The van der Waals surface area contributed by atoms with E-state index in [4.69, 9.17) is 23.2 Å². The van der Waals surface area contributed by atoms with E-state index in [2.05, 4.69) is 5.32 Å². The molecule has 1 N–H and O–H groups in total. The summed E-state index contributed by atoms with van der Waals surface area (Å²) in [5, 5.41) is 4.68. The zero-order valence-electron chi connectivity index (χ0n) is 12.9. The summed E-state index contributed by atoms with van der Waals surface area (Å²) in [6.07, 6.45) is 6.22. The fraction of sp³-hybridized carbons (Fsp3) is 0.588. The Balaban J connectivity index is 1.63. The molecule has 122 valence electrons. The number of amides is 1. The molecule has 1 aromatic carbocycles. The minimum Gasteiger partial charge on any atom is -0.343 e. The van der Waals surface area contributed by atoms with Gasteiger partial charge in [0.2, 0.25) is 5.91 Å². The van der Waals surface area contributed by atoms with Crippen LogP contribution in [0.1, 0.15) is 37.7 Å². The van der Waals surface area contributed by atoms with E-state index in [1.807, 2.05) is 17.0 Å². The number of hydrogen-bond donors (Lipinski definition) is 1. The molecular weight excluding hydrogens is 319 g/mol. The first kappa shape index (κ1) is 17.6. The summed E-state index contributed by atoms with van der Waals surface area (Å²) in [7, 11) is 0. The molecule has 0 aromatic heterocycles. The summed E-state index contributed by atoms with van der Waals surface area (Å²) in [5.41, 5.74) is 1.08. The van der Waals surface area contributed by atoms with Gasteiger partial charge in [0.05, 0.1) is 0 Å². The van der Waals surface area contributed by atoms with Crippen LogP contribution in [0, 0.1) is 0 Å². The number of rotatable bonds is 6. The Kier molecular flexibility index (Phi) is 7.50. The van der Waals surface area contributed by atoms with Crippen LogP contribution in [0.5, 0.6) is 0 Å². The fourth-order valence-electron chi connectivity index (χ4n) is 2.75. The minimum absolute atomic E-state index is 0.277. The monoisotopic (exact) mass is 342 g/mol. The van der Waals surface area contributed by atoms with Gasteiger partial charge in [-0.25, -0.2) is 0 Å². The van der Waals surface area contributed by atoms with Crippen molar-refractivity contribution >= 4 is 29.1 Å². The molecule has 1 aromatic rings. The van der Waals surface area contributed by atoms with Crippen molar-refractivity contribution in [1.82, 2.24) is 10.2 Å². The highest BCUT2D eigenvalue weighted by Crippen LogP contribution is 2.21. The first-order valence-corrected chi connectivity index (χ1v) is 8.85. The molecule has 1 aliphatic heterocycles. The van der Waals surface area contributed by atoms with Gasteiger partial charge in [-0.15, -0.1) is 0 Å². The highest BCUT2D eigenvalue weighted by atomic mass is 35.5. The summed E-state index contributed by atoms with van der Waals surface area (Å²) in [5.74, 6) is 0.277. The molecule has 0 radical (unpaired) electrons. The van der Waals surface area contributed by atoms with Crippen LogP contribution in [0.25, 0.3) is 0 Å². The van der Waals surface area contributed by atoms with Gasteiger partial charge in [0.15, 0.2) is 0 Å². The Morgan fingerprint density at radius 2 is 1.82 bits per heavy atom. The van der Waals surface area contributed by atoms with Crippen molar-refractivity contribution in [2.24, 2.45) is 0 Å². The molecule has 5 heteroatoms. The number of halogens is 2. The zero-order chi connectivity index (χ0) is 15.8. The maximum absolute atomic E-state index is 12.1. The molecule has 1 fully saturated rings. The van der Waals surface area contributed by atoms with Crippen LogP contribution < -0.4 is 5.32 Å². The molecule has 0 bridgehead atoms. The van der Waals surface area contributed by atoms with Crippen LogP contribution in [0.3, 0.4) is 0 Å². The predicted molar refractivity (Wildman–Crippen MR) is 92.7 cm³/mol. The van der Waals surface area contributed by atoms with E-state index in [0.717, 1.165) is 51.0 Å². The van der Waals surface area contributed by atoms with Gasteiger partial charge in [-0.1, -0.05) is 42.1 Å². The van der Waals surface area contributed by atoms with Crippen molar-refractivity contribution in [3.63, 3.8) is 0 Å². The van der Waals surface area contributed by atoms with Gasteiger partial charge in [-0.2, -0.15) is 0 Å². The standard InChI is InChI=1S/C17H24Cl2N2O/c18-15-6-5-14(16(19)13-15)7-9-20-10-8-17(22)21-11-3-1-2-4-12-21/h5-6,13,20H,1-4,7-12H2. The van der Waals surface area contributed by atoms with Gasteiger partial charge < -0.3 is 10.2 Å². The third-order valence-corrected chi connectivity index (χ3v) is 4.65. The normalized spacial score (nSPS) is 15.6. The van der Waals surface area contributed by atoms with Gasteiger partial charge in [-0.3, -0.25) is 4.79 Å². The summed E-state index contributed by atoms with van der Waals surface area (Å²) < 4.78 is 0. The lowest BCUT2D eigenvalue weighted by molar-refractivity contribution is -0.131. The number of nitrogens with zero attached hydrogens (tertiary/aromatic N) is 1. The molecule has 2 rings (SSSR count). The molecule has 1 saturated heterocycles. The second kappa shape index (κ2) is 9.39. The molecule has 0 saturated carbocycles. The van der Waals surface area contributed by atoms with E-state index in [0.29, 0.717) is 16.5 Å². The predicted octanol–water partition coefficient (Wildman–Crippen LogP) is 3.92. The largest absolute Gasteiger partial charge is 0.343 e. The number of benzene rings is 1. The number of carbonyl (C=O) groups is 1. The molecule has 0 unspecified atom stereocenters. The average Bonchev–Trinajstić information content (AvgIpc) is 2.78. The van der Waals surface area contributed by atoms with Crippen molar-refractivity contribution in [2.45, 2.75) is 38.5 Å². The van der Waals surface area contributed by atoms with Crippen LogP contribution in [0.4, 0.5) is 0 Å². The topological polar surface area (TPSA) is 32.3 Å². The van der Waals surface area contributed by atoms with Crippen LogP contribution >= 0.6 is 23.2 Å². The highest BCUT2D eigenvalue weighted by Gasteiger charge is 2.14. The quantitative estimate of drug-likeness (QED) is 0.794. The van der Waals surface area contributed by atoms with Crippen LogP contribution in [-0.2, 0) is 11.2 Å². The van der Waals surface area contributed by atoms with Gasteiger partial charge in [0.1, 0.15) is 0 Å². The smallest absolute Gasteiger partial charge is 0.223 e. The summed E-state index contributed by atoms with van der Waals surface area (Å²) in [4.78, 5) is 14.1. The van der Waals surface area contributed by atoms with Crippen LogP contribution in [0.15, 0.2) is 18.2 Å². The third-order valence-electron chi connectivity index (χ3n) is 4.06. The van der Waals surface area contributed by atoms with E-state index >= 15 is 0 Å². The Labute approximate surface area is 143 Å². The van der Waals surface area contributed by atoms with E-state index in [-0.39, 0.29) is 5.91 Å². The summed E-state index contributed by atoms with van der Waals surface area (Å²) >= 11 is 12.0. The van der Waals surface area contributed by atoms with Gasteiger partial charge in [0.25, 0.3) is 0 Å². The number of likely N-dealkylation sites (tertiary alicyclic amines) is 1. The second-order valence-corrected chi connectivity index (χ2v) is 6.62. The number of nitrogens with one attached hydrogen (secondary N) is 1. The fourth-order valence-corrected chi connectivity index (χ4v) is 3.25. The first-order valence-electron chi connectivity index (χ1n) is 8.09. The van der Waals surface area contributed by atoms with Crippen LogP contribution in [-0.4, -0.2) is 37.0 Å². The van der Waals surface area contributed by atoms with Crippen molar-refractivity contribution in [3.8, 4) is 0 Å². The van der Waals surface area contributed by atoms with Gasteiger partial charge in [-0.05, 0) is 43.5 Å². The molecule has 0 spiro atoms. The Hall–Kier alpha value is -0.770. The van der Waals surface area contributed by atoms with Crippen molar-refractivity contribution in [2.75, 3.05) is 26.2 Å².